The highest BCUT2D eigenvalue weighted by Crippen LogP contribution is 2.39. The molecule has 3 heterocycles. The maximum Gasteiger partial charge on any atom is 0.247 e. The Hall–Kier alpha value is -2.34. The number of nitrogens with two attached hydrogens (primary N) is 1. The van der Waals surface area contributed by atoms with E-state index in [1.165, 1.54) is 18.9 Å². The van der Waals surface area contributed by atoms with Crippen LogP contribution in [0.15, 0.2) is 28.6 Å². The number of hydrogen-bond donors (Lipinski definition) is 4. The summed E-state index contributed by atoms with van der Waals surface area (Å²) < 4.78 is 23.1. The van der Waals surface area contributed by atoms with E-state index in [2.05, 4.69) is 25.5 Å². The molecule has 0 spiro atoms. The molecule has 0 amide bonds. The van der Waals surface area contributed by atoms with Crippen LogP contribution in [0.1, 0.15) is 36.4 Å². The first-order valence-electron chi connectivity index (χ1n) is 8.86. The Balaban J connectivity index is 1.65. The minimum atomic E-state index is -3.76. The molecule has 0 unspecified atom stereocenters. The van der Waals surface area contributed by atoms with Crippen molar-refractivity contribution in [3.8, 4) is 10.7 Å². The van der Waals surface area contributed by atoms with Gasteiger partial charge in [-0.05, 0) is 37.8 Å². The maximum atomic E-state index is 11.5. The highest BCUT2D eigenvalue weighted by atomic mass is 32.2. The second kappa shape index (κ2) is 7.59. The fourth-order valence-electron chi connectivity index (χ4n) is 2.80. The second-order valence-electron chi connectivity index (χ2n) is 6.67. The van der Waals surface area contributed by atoms with E-state index in [1.54, 1.807) is 12.3 Å². The highest BCUT2D eigenvalue weighted by molar-refractivity contribution is 7.91. The third-order valence-electron chi connectivity index (χ3n) is 4.41. The fraction of sp³-hybridized carbons (Fsp3) is 0.353. The van der Waals surface area contributed by atoms with Crippen LogP contribution in [0.25, 0.3) is 10.7 Å². The number of rotatable bonds is 8. The van der Waals surface area contributed by atoms with Gasteiger partial charge in [0.25, 0.3) is 0 Å². The van der Waals surface area contributed by atoms with E-state index in [0.29, 0.717) is 41.1 Å². The number of aromatic nitrogens is 4. The number of sulfonamides is 1. The molecule has 0 bridgehead atoms. The molecule has 11 heteroatoms. The first-order valence-corrected chi connectivity index (χ1v) is 11.2. The van der Waals surface area contributed by atoms with Crippen molar-refractivity contribution >= 4 is 33.0 Å². The Labute approximate surface area is 166 Å². The summed E-state index contributed by atoms with van der Waals surface area (Å²) in [5.74, 6) is 2.19. The zero-order valence-corrected chi connectivity index (χ0v) is 16.6. The molecule has 1 aliphatic carbocycles. The number of anilines is 2. The van der Waals surface area contributed by atoms with Gasteiger partial charge in [-0.3, -0.25) is 5.10 Å². The topological polar surface area (TPSA) is 147 Å². The largest absolute Gasteiger partial charge is 0.396 e. The number of primary sulfonamides is 1. The van der Waals surface area contributed by atoms with Gasteiger partial charge in [-0.25, -0.2) is 23.5 Å². The van der Waals surface area contributed by atoms with Gasteiger partial charge in [-0.1, -0.05) is 0 Å². The molecule has 4 rings (SSSR count). The van der Waals surface area contributed by atoms with Gasteiger partial charge in [0.2, 0.25) is 10.0 Å². The molecule has 28 heavy (non-hydrogen) atoms. The van der Waals surface area contributed by atoms with Crippen molar-refractivity contribution in [3.05, 3.63) is 35.7 Å². The van der Waals surface area contributed by atoms with E-state index in [1.807, 2.05) is 6.07 Å². The predicted octanol–water partition coefficient (Wildman–Crippen LogP) is 2.12. The molecule has 3 aromatic heterocycles. The van der Waals surface area contributed by atoms with Crippen LogP contribution < -0.4 is 10.5 Å². The average molecular weight is 421 g/mol. The normalized spacial score (nSPS) is 14.4. The van der Waals surface area contributed by atoms with Crippen LogP contribution in [-0.4, -0.2) is 40.3 Å². The van der Waals surface area contributed by atoms with E-state index in [0.717, 1.165) is 22.6 Å². The molecule has 148 valence electrons. The number of aromatic amines is 1. The van der Waals surface area contributed by atoms with Gasteiger partial charge >= 0.3 is 0 Å². The van der Waals surface area contributed by atoms with Crippen molar-refractivity contribution in [2.45, 2.75) is 35.8 Å². The first-order chi connectivity index (χ1) is 13.4. The zero-order chi connectivity index (χ0) is 19.7. The standard InChI is InChI=1S/C17H20N6O3S2/c18-28(25,26)15-6-5-13(27-15)17-19-9-11(2-1-7-24)16(21-17)20-14-8-12(22-23-14)10-3-4-10/h5-6,8-10,24H,1-4,7H2,(H2,18,25,26)(H2,19,20,21,22,23). The number of aliphatic hydroxyl groups is 1. The van der Waals surface area contributed by atoms with Crippen LogP contribution in [0, 0.1) is 0 Å². The molecule has 0 aliphatic heterocycles. The third-order valence-corrected chi connectivity index (χ3v) is 6.93. The molecule has 3 aromatic rings. The van der Waals surface area contributed by atoms with Crippen molar-refractivity contribution in [2.24, 2.45) is 5.14 Å². The first kappa shape index (κ1) is 19.0. The molecule has 9 nitrogen and oxygen atoms in total. The van der Waals surface area contributed by atoms with Gasteiger partial charge in [0.15, 0.2) is 11.6 Å². The lowest BCUT2D eigenvalue weighted by Gasteiger charge is -2.10. The monoisotopic (exact) mass is 420 g/mol. The van der Waals surface area contributed by atoms with Crippen molar-refractivity contribution in [3.63, 3.8) is 0 Å². The van der Waals surface area contributed by atoms with Gasteiger partial charge in [-0.2, -0.15) is 5.10 Å². The zero-order valence-electron chi connectivity index (χ0n) is 14.9. The van der Waals surface area contributed by atoms with Crippen LogP contribution in [0.2, 0.25) is 0 Å². The average Bonchev–Trinajstić information content (AvgIpc) is 3.18. The summed E-state index contributed by atoms with van der Waals surface area (Å²) in [5.41, 5.74) is 1.95. The summed E-state index contributed by atoms with van der Waals surface area (Å²) in [6.45, 7) is 0.0675. The summed E-state index contributed by atoms with van der Waals surface area (Å²) in [6, 6.07) is 5.05. The van der Waals surface area contributed by atoms with E-state index in [-0.39, 0.29) is 10.8 Å². The van der Waals surface area contributed by atoms with Gasteiger partial charge in [0.1, 0.15) is 10.0 Å². The highest BCUT2D eigenvalue weighted by Gasteiger charge is 2.25. The van der Waals surface area contributed by atoms with E-state index < -0.39 is 10.0 Å². The molecule has 0 saturated heterocycles. The molecule has 1 saturated carbocycles. The summed E-state index contributed by atoms with van der Waals surface area (Å²) in [4.78, 5) is 9.53. The van der Waals surface area contributed by atoms with Crippen LogP contribution in [0.4, 0.5) is 11.6 Å². The quantitative estimate of drug-likeness (QED) is 0.436. The molecule has 1 aliphatic rings. The van der Waals surface area contributed by atoms with Gasteiger partial charge < -0.3 is 10.4 Å². The minimum Gasteiger partial charge on any atom is -0.396 e. The summed E-state index contributed by atoms with van der Waals surface area (Å²) in [6.07, 6.45) is 5.22. The lowest BCUT2D eigenvalue weighted by atomic mass is 10.1. The van der Waals surface area contributed by atoms with Crippen molar-refractivity contribution in [1.82, 2.24) is 20.2 Å². The van der Waals surface area contributed by atoms with Gasteiger partial charge in [-0.15, -0.1) is 11.3 Å². The fourth-order valence-corrected chi connectivity index (χ4v) is 4.48. The number of hydrogen-bond acceptors (Lipinski definition) is 8. The van der Waals surface area contributed by atoms with Crippen molar-refractivity contribution < 1.29 is 13.5 Å². The van der Waals surface area contributed by atoms with Gasteiger partial charge in [0, 0.05) is 36.0 Å². The minimum absolute atomic E-state index is 0.0614. The Bertz CT molecular complexity index is 1090. The van der Waals surface area contributed by atoms with E-state index >= 15 is 0 Å². The smallest absolute Gasteiger partial charge is 0.247 e. The van der Waals surface area contributed by atoms with Crippen LogP contribution in [0.3, 0.4) is 0 Å². The summed E-state index contributed by atoms with van der Waals surface area (Å²) in [7, 11) is -3.76. The lowest BCUT2D eigenvalue weighted by Crippen LogP contribution is -2.09. The van der Waals surface area contributed by atoms with Crippen LogP contribution in [0.5, 0.6) is 0 Å². The molecule has 0 aromatic carbocycles. The number of nitrogens with one attached hydrogen (secondary N) is 2. The number of nitrogens with zero attached hydrogens (tertiary/aromatic N) is 3. The Morgan fingerprint density at radius 3 is 2.86 bits per heavy atom. The maximum absolute atomic E-state index is 11.5. The molecule has 0 atom stereocenters. The van der Waals surface area contributed by atoms with Crippen LogP contribution in [-0.2, 0) is 16.4 Å². The van der Waals surface area contributed by atoms with Crippen LogP contribution >= 0.6 is 11.3 Å². The Morgan fingerprint density at radius 2 is 2.18 bits per heavy atom. The molecular formula is C17H20N6O3S2. The Morgan fingerprint density at radius 1 is 1.36 bits per heavy atom. The van der Waals surface area contributed by atoms with E-state index in [9.17, 15) is 8.42 Å². The summed E-state index contributed by atoms with van der Waals surface area (Å²) >= 11 is 1.02. The molecule has 0 radical (unpaired) electrons. The summed E-state index contributed by atoms with van der Waals surface area (Å²) in [5, 5.41) is 24.9. The number of thiophene rings is 1. The number of aliphatic hydroxyl groups excluding tert-OH is 1. The van der Waals surface area contributed by atoms with Gasteiger partial charge in [0.05, 0.1) is 4.88 Å². The van der Waals surface area contributed by atoms with E-state index in [4.69, 9.17) is 10.2 Å². The lowest BCUT2D eigenvalue weighted by molar-refractivity contribution is 0.288. The molecule has 1 fully saturated rings. The molecular weight excluding hydrogens is 400 g/mol. The Kier molecular flexibility index (Phi) is 5.15. The van der Waals surface area contributed by atoms with Crippen molar-refractivity contribution in [1.29, 1.82) is 0 Å². The number of H-pyrrole nitrogens is 1. The SMILES string of the molecule is NS(=O)(=O)c1ccc(-c2ncc(CCCO)c(Nc3cc(C4CC4)[nH]n3)n2)s1. The molecule has 5 N–H and O–H groups in total. The predicted molar refractivity (Wildman–Crippen MR) is 106 cm³/mol. The third kappa shape index (κ3) is 4.22. The number of aryl methyl sites for hydroxylation is 1. The van der Waals surface area contributed by atoms with Crippen molar-refractivity contribution in [2.75, 3.05) is 11.9 Å². The second-order valence-corrected chi connectivity index (χ2v) is 9.54.